The highest BCUT2D eigenvalue weighted by atomic mass is 32.2. The molecule has 0 atom stereocenters. The Labute approximate surface area is 123 Å². The number of unbranched alkanes of at least 4 members (excludes halogenated alkanes) is 1. The molecule has 0 aliphatic carbocycles. The molecule has 1 aromatic rings. The van der Waals surface area contributed by atoms with E-state index < -0.39 is 5.97 Å². The van der Waals surface area contributed by atoms with Crippen LogP contribution in [0.25, 0.3) is 0 Å². The van der Waals surface area contributed by atoms with E-state index in [4.69, 9.17) is 8.92 Å². The highest BCUT2D eigenvalue weighted by Crippen LogP contribution is 2.21. The summed E-state index contributed by atoms with van der Waals surface area (Å²) in [7, 11) is 0. The van der Waals surface area contributed by atoms with Crippen molar-refractivity contribution in [2.45, 2.75) is 31.6 Å². The van der Waals surface area contributed by atoms with Gasteiger partial charge in [-0.2, -0.15) is 0 Å². The van der Waals surface area contributed by atoms with Gasteiger partial charge in [0.1, 0.15) is 0 Å². The van der Waals surface area contributed by atoms with Gasteiger partial charge in [-0.05, 0) is 37.6 Å². The van der Waals surface area contributed by atoms with Crippen LogP contribution >= 0.6 is 12.0 Å². The quantitative estimate of drug-likeness (QED) is 0.331. The topological polar surface area (TPSA) is 52.6 Å². The molecule has 0 bridgehead atoms. The maximum atomic E-state index is 11.7. The minimum Gasteiger partial charge on any atom is -0.462 e. The normalized spacial score (nSPS) is 9.90. The molecule has 20 heavy (non-hydrogen) atoms. The van der Waals surface area contributed by atoms with Crippen molar-refractivity contribution >= 4 is 24.0 Å². The highest BCUT2D eigenvalue weighted by molar-refractivity contribution is 7.95. The molecule has 4 nitrogen and oxygen atoms in total. The Morgan fingerprint density at radius 3 is 2.45 bits per heavy atom. The van der Waals surface area contributed by atoms with Crippen molar-refractivity contribution in [2.24, 2.45) is 0 Å². The van der Waals surface area contributed by atoms with Crippen LogP contribution in [0.15, 0.2) is 41.3 Å². The zero-order valence-corrected chi connectivity index (χ0v) is 12.5. The lowest BCUT2D eigenvalue weighted by atomic mass is 10.2. The van der Waals surface area contributed by atoms with E-state index in [0.717, 1.165) is 29.8 Å². The fourth-order valence-corrected chi connectivity index (χ4v) is 1.76. The lowest BCUT2D eigenvalue weighted by molar-refractivity contribution is -0.128. The summed E-state index contributed by atoms with van der Waals surface area (Å²) in [6.07, 6.45) is 1.84. The number of hydrogen-bond acceptors (Lipinski definition) is 5. The van der Waals surface area contributed by atoms with Crippen LogP contribution in [0.1, 0.15) is 37.0 Å². The van der Waals surface area contributed by atoms with E-state index in [-0.39, 0.29) is 5.97 Å². The number of hydrogen-bond donors (Lipinski definition) is 0. The molecule has 0 spiro atoms. The lowest BCUT2D eigenvalue weighted by Gasteiger charge is -2.05. The van der Waals surface area contributed by atoms with Gasteiger partial charge in [0, 0.05) is 10.5 Å². The smallest absolute Gasteiger partial charge is 0.345 e. The van der Waals surface area contributed by atoms with E-state index in [1.807, 2.05) is 6.92 Å². The second kappa shape index (κ2) is 8.43. The van der Waals surface area contributed by atoms with Crippen molar-refractivity contribution in [1.29, 1.82) is 0 Å². The molecule has 0 radical (unpaired) electrons. The second-order valence-corrected chi connectivity index (χ2v) is 5.05. The predicted octanol–water partition coefficient (Wildman–Crippen LogP) is 3.77. The fourth-order valence-electron chi connectivity index (χ4n) is 1.20. The van der Waals surface area contributed by atoms with Crippen LogP contribution in [0.3, 0.4) is 0 Å². The molecule has 0 saturated carbocycles. The molecule has 0 fully saturated rings. The third-order valence-electron chi connectivity index (χ3n) is 2.38. The van der Waals surface area contributed by atoms with Gasteiger partial charge in [0.05, 0.1) is 24.2 Å². The molecule has 1 aromatic carbocycles. The fraction of sp³-hybridized carbons (Fsp3) is 0.333. The predicted molar refractivity (Wildman–Crippen MR) is 78.4 cm³/mol. The second-order valence-electron chi connectivity index (χ2n) is 4.25. The van der Waals surface area contributed by atoms with Gasteiger partial charge < -0.3 is 8.92 Å². The van der Waals surface area contributed by atoms with Crippen molar-refractivity contribution < 1.29 is 18.5 Å². The summed E-state index contributed by atoms with van der Waals surface area (Å²) < 4.78 is 10.0. The average molecular weight is 294 g/mol. The van der Waals surface area contributed by atoms with Crippen LogP contribution in [0.2, 0.25) is 0 Å². The molecule has 0 aromatic heterocycles. The molecule has 108 valence electrons. The summed E-state index contributed by atoms with van der Waals surface area (Å²) >= 11 is 0.936. The van der Waals surface area contributed by atoms with Crippen LogP contribution in [-0.4, -0.2) is 18.5 Å². The van der Waals surface area contributed by atoms with E-state index in [0.29, 0.717) is 17.7 Å². The standard InChI is InChI=1S/C15H18O4S/c1-4-5-10-18-15(17)12-6-8-13(9-7-12)20-19-14(16)11(2)3/h6-9H,2,4-5,10H2,1,3H3. The maximum Gasteiger partial charge on any atom is 0.345 e. The first-order valence-corrected chi connectivity index (χ1v) is 7.10. The SMILES string of the molecule is C=C(C)C(=O)OSc1ccc(C(=O)OCCCC)cc1. The molecule has 0 aliphatic rings. The first-order chi connectivity index (χ1) is 9.54. The molecular weight excluding hydrogens is 276 g/mol. The van der Waals surface area contributed by atoms with E-state index in [2.05, 4.69) is 6.58 Å². The maximum absolute atomic E-state index is 11.7. The molecule has 5 heteroatoms. The third kappa shape index (κ3) is 5.48. The molecule has 0 heterocycles. The summed E-state index contributed by atoms with van der Waals surface area (Å²) in [6, 6.07) is 6.69. The Morgan fingerprint density at radius 1 is 1.25 bits per heavy atom. The van der Waals surface area contributed by atoms with Crippen molar-refractivity contribution in [3.63, 3.8) is 0 Å². The molecule has 1 rings (SSSR count). The molecule has 0 aliphatic heterocycles. The Balaban J connectivity index is 2.49. The van der Waals surface area contributed by atoms with Crippen LogP contribution in [0, 0.1) is 0 Å². The minimum atomic E-state index is -0.460. The number of benzene rings is 1. The van der Waals surface area contributed by atoms with Crippen molar-refractivity contribution in [3.8, 4) is 0 Å². The first kappa shape index (κ1) is 16.3. The van der Waals surface area contributed by atoms with Gasteiger partial charge >= 0.3 is 11.9 Å². The van der Waals surface area contributed by atoms with Gasteiger partial charge in [0.15, 0.2) is 0 Å². The lowest BCUT2D eigenvalue weighted by Crippen LogP contribution is -2.06. The summed E-state index contributed by atoms with van der Waals surface area (Å²) in [4.78, 5) is 23.6. The molecule has 0 unspecified atom stereocenters. The summed E-state index contributed by atoms with van der Waals surface area (Å²) in [5.41, 5.74) is 0.824. The number of ether oxygens (including phenoxy) is 1. The average Bonchev–Trinajstić information content (AvgIpc) is 2.45. The number of carbonyl (C=O) groups excluding carboxylic acids is 2. The summed E-state index contributed by atoms with van der Waals surface area (Å²) in [5.74, 6) is -0.799. The van der Waals surface area contributed by atoms with Crippen molar-refractivity contribution in [1.82, 2.24) is 0 Å². The van der Waals surface area contributed by atoms with Crippen molar-refractivity contribution in [2.75, 3.05) is 6.61 Å². The molecule has 0 N–H and O–H groups in total. The van der Waals surface area contributed by atoms with Crippen LogP contribution in [-0.2, 0) is 13.7 Å². The number of esters is 1. The van der Waals surface area contributed by atoms with E-state index in [9.17, 15) is 9.59 Å². The van der Waals surface area contributed by atoms with Crippen LogP contribution in [0.5, 0.6) is 0 Å². The van der Waals surface area contributed by atoms with Crippen LogP contribution in [0.4, 0.5) is 0 Å². The van der Waals surface area contributed by atoms with E-state index in [1.54, 1.807) is 31.2 Å². The highest BCUT2D eigenvalue weighted by Gasteiger charge is 2.08. The van der Waals surface area contributed by atoms with E-state index >= 15 is 0 Å². The Hall–Kier alpha value is -1.75. The molecular formula is C15H18O4S. The Morgan fingerprint density at radius 2 is 1.90 bits per heavy atom. The Kier molecular flexibility index (Phi) is 6.87. The zero-order valence-electron chi connectivity index (χ0n) is 11.7. The monoisotopic (exact) mass is 294 g/mol. The van der Waals surface area contributed by atoms with Crippen molar-refractivity contribution in [3.05, 3.63) is 42.0 Å². The van der Waals surface area contributed by atoms with Gasteiger partial charge in [-0.1, -0.05) is 19.9 Å². The van der Waals surface area contributed by atoms with Gasteiger partial charge in [-0.3, -0.25) is 0 Å². The van der Waals surface area contributed by atoms with Gasteiger partial charge in [-0.15, -0.1) is 0 Å². The number of carbonyl (C=O) groups is 2. The minimum absolute atomic E-state index is 0.339. The molecule has 0 amide bonds. The Bertz CT molecular complexity index is 479. The van der Waals surface area contributed by atoms with Crippen LogP contribution < -0.4 is 0 Å². The van der Waals surface area contributed by atoms with Gasteiger partial charge in [0.25, 0.3) is 0 Å². The van der Waals surface area contributed by atoms with Gasteiger partial charge in [-0.25, -0.2) is 9.59 Å². The first-order valence-electron chi connectivity index (χ1n) is 6.36. The molecule has 0 saturated heterocycles. The third-order valence-corrected chi connectivity index (χ3v) is 3.08. The number of rotatable bonds is 7. The summed E-state index contributed by atoms with van der Waals surface area (Å²) in [6.45, 7) is 7.54. The van der Waals surface area contributed by atoms with Gasteiger partial charge in [0.2, 0.25) is 0 Å². The zero-order chi connectivity index (χ0) is 15.0. The summed E-state index contributed by atoms with van der Waals surface area (Å²) in [5, 5.41) is 0. The largest absolute Gasteiger partial charge is 0.462 e. The van der Waals surface area contributed by atoms with E-state index in [1.165, 1.54) is 0 Å².